The van der Waals surface area contributed by atoms with E-state index < -0.39 is 17.0 Å². The second kappa shape index (κ2) is 8.03. The lowest BCUT2D eigenvalue weighted by Gasteiger charge is -2.14. The third-order valence-corrected chi connectivity index (χ3v) is 3.37. The number of nitro benzene ring substituents is 1. The van der Waals surface area contributed by atoms with Gasteiger partial charge in [0.25, 0.3) is 5.69 Å². The number of hydrogen-bond donors (Lipinski definition) is 1. The molecule has 6 nitrogen and oxygen atoms in total. The number of esters is 1. The first-order chi connectivity index (χ1) is 11.5. The number of aliphatic hydroxyl groups excluding tert-OH is 1. The molecule has 0 aliphatic heterocycles. The zero-order valence-electron chi connectivity index (χ0n) is 13.1. The number of aliphatic hydroxyl groups is 1. The molecule has 1 N–H and O–H groups in total. The molecule has 0 radical (unpaired) electrons. The van der Waals surface area contributed by atoms with Crippen LogP contribution in [0.4, 0.5) is 5.69 Å². The monoisotopic (exact) mass is 327 g/mol. The molecule has 0 aromatic heterocycles. The van der Waals surface area contributed by atoms with E-state index in [-0.39, 0.29) is 23.4 Å². The number of rotatable bonds is 6. The van der Waals surface area contributed by atoms with Crippen molar-refractivity contribution < 1.29 is 19.6 Å². The van der Waals surface area contributed by atoms with Crippen molar-refractivity contribution in [3.63, 3.8) is 0 Å². The summed E-state index contributed by atoms with van der Waals surface area (Å²) in [7, 11) is 0. The van der Waals surface area contributed by atoms with Crippen molar-refractivity contribution in [2.24, 2.45) is 0 Å². The number of benzene rings is 2. The quantitative estimate of drug-likeness (QED) is 0.380. The molecule has 2 aromatic rings. The second-order valence-electron chi connectivity index (χ2n) is 4.95. The maximum Gasteiger partial charge on any atom is 0.337 e. The summed E-state index contributed by atoms with van der Waals surface area (Å²) in [5.74, 6) is -0.716. The Kier molecular flexibility index (Phi) is 5.81. The number of hydrogen-bond acceptors (Lipinski definition) is 5. The summed E-state index contributed by atoms with van der Waals surface area (Å²) < 4.78 is 4.98. The van der Waals surface area contributed by atoms with E-state index in [2.05, 4.69) is 0 Å². The molecule has 124 valence electrons. The van der Waals surface area contributed by atoms with Crippen molar-refractivity contribution in [2.75, 3.05) is 6.61 Å². The van der Waals surface area contributed by atoms with E-state index in [0.29, 0.717) is 5.56 Å². The zero-order chi connectivity index (χ0) is 17.5. The van der Waals surface area contributed by atoms with Crippen LogP contribution in [0, 0.1) is 10.1 Å². The molecular weight excluding hydrogens is 310 g/mol. The van der Waals surface area contributed by atoms with E-state index in [1.54, 1.807) is 43.3 Å². The smallest absolute Gasteiger partial charge is 0.337 e. The highest BCUT2D eigenvalue weighted by Gasteiger charge is 2.23. The van der Waals surface area contributed by atoms with Crippen LogP contribution in [0.1, 0.15) is 24.2 Å². The van der Waals surface area contributed by atoms with Crippen LogP contribution >= 0.6 is 0 Å². The topological polar surface area (TPSA) is 89.7 Å². The highest BCUT2D eigenvalue weighted by atomic mass is 16.6. The fraction of sp³-hybridized carbons (Fsp3) is 0.167. The van der Waals surface area contributed by atoms with Crippen LogP contribution in [0.2, 0.25) is 0 Å². The Morgan fingerprint density at radius 1 is 1.21 bits per heavy atom. The molecule has 24 heavy (non-hydrogen) atoms. The van der Waals surface area contributed by atoms with Crippen molar-refractivity contribution in [1.82, 2.24) is 0 Å². The number of carbonyl (C=O) groups is 1. The molecule has 6 heteroatoms. The van der Waals surface area contributed by atoms with E-state index in [4.69, 9.17) is 4.74 Å². The Hall–Kier alpha value is -2.99. The van der Waals surface area contributed by atoms with Crippen LogP contribution < -0.4 is 0 Å². The van der Waals surface area contributed by atoms with E-state index in [9.17, 15) is 20.0 Å². The van der Waals surface area contributed by atoms with Crippen LogP contribution in [0.15, 0.2) is 60.2 Å². The van der Waals surface area contributed by atoms with E-state index >= 15 is 0 Å². The minimum absolute atomic E-state index is 0.0580. The third-order valence-electron chi connectivity index (χ3n) is 3.37. The second-order valence-corrected chi connectivity index (χ2v) is 4.95. The molecule has 0 heterocycles. The Labute approximate surface area is 139 Å². The molecule has 0 saturated carbocycles. The van der Waals surface area contributed by atoms with Gasteiger partial charge in [-0.15, -0.1) is 0 Å². The van der Waals surface area contributed by atoms with Gasteiger partial charge in [-0.25, -0.2) is 4.79 Å². The predicted molar refractivity (Wildman–Crippen MR) is 89.1 cm³/mol. The lowest BCUT2D eigenvalue weighted by atomic mass is 9.99. The van der Waals surface area contributed by atoms with Gasteiger partial charge in [0.05, 0.1) is 22.7 Å². The van der Waals surface area contributed by atoms with Gasteiger partial charge in [0.1, 0.15) is 6.10 Å². The van der Waals surface area contributed by atoms with Crippen molar-refractivity contribution in [3.8, 4) is 0 Å². The van der Waals surface area contributed by atoms with Gasteiger partial charge in [-0.3, -0.25) is 10.1 Å². The highest BCUT2D eigenvalue weighted by Crippen LogP contribution is 2.28. The first-order valence-corrected chi connectivity index (χ1v) is 7.39. The molecule has 0 saturated heterocycles. The normalized spacial score (nSPS) is 12.5. The number of para-hydroxylation sites is 1. The summed E-state index contributed by atoms with van der Waals surface area (Å²) in [6.45, 7) is 1.78. The summed E-state index contributed by atoms with van der Waals surface area (Å²) >= 11 is 0. The summed E-state index contributed by atoms with van der Waals surface area (Å²) in [5.41, 5.74) is 0.507. The number of nitrogens with zero attached hydrogens (tertiary/aromatic N) is 1. The summed E-state index contributed by atoms with van der Waals surface area (Å²) in [6.07, 6.45) is 0.0541. The Morgan fingerprint density at radius 2 is 1.83 bits per heavy atom. The average molecular weight is 327 g/mol. The fourth-order valence-electron chi connectivity index (χ4n) is 2.22. The van der Waals surface area contributed by atoms with Crippen molar-refractivity contribution in [1.29, 1.82) is 0 Å². The lowest BCUT2D eigenvalue weighted by molar-refractivity contribution is -0.385. The van der Waals surface area contributed by atoms with Crippen molar-refractivity contribution in [2.45, 2.75) is 13.0 Å². The van der Waals surface area contributed by atoms with Crippen molar-refractivity contribution >= 4 is 17.7 Å². The average Bonchev–Trinajstić information content (AvgIpc) is 2.60. The van der Waals surface area contributed by atoms with Gasteiger partial charge in [0.2, 0.25) is 0 Å². The standard InChI is InChI=1S/C18H17NO5/c1-2-24-18(21)15(17(20)13-8-4-3-5-9-13)12-14-10-6-7-11-16(14)19(22)23/h3-12,17,20H,2H2,1H3/b15-12+. The summed E-state index contributed by atoms with van der Waals surface area (Å²) in [6, 6.07) is 14.6. The molecule has 2 rings (SSSR count). The first kappa shape index (κ1) is 17.4. The summed E-state index contributed by atoms with van der Waals surface area (Å²) in [5, 5.41) is 21.7. The van der Waals surface area contributed by atoms with Crippen molar-refractivity contribution in [3.05, 3.63) is 81.4 Å². The highest BCUT2D eigenvalue weighted by molar-refractivity contribution is 5.95. The number of ether oxygens (including phenoxy) is 1. The third kappa shape index (κ3) is 4.05. The summed E-state index contributed by atoms with van der Waals surface area (Å²) in [4.78, 5) is 22.8. The van der Waals surface area contributed by atoms with E-state index in [1.807, 2.05) is 0 Å². The SMILES string of the molecule is CCOC(=O)/C(=C/c1ccccc1[N+](=O)[O-])C(O)c1ccccc1. The van der Waals surface area contributed by atoms with Gasteiger partial charge >= 0.3 is 5.97 Å². The predicted octanol–water partition coefficient (Wildman–Crippen LogP) is 3.27. The van der Waals surface area contributed by atoms with Gasteiger partial charge < -0.3 is 9.84 Å². The lowest BCUT2D eigenvalue weighted by Crippen LogP contribution is -2.15. The van der Waals surface area contributed by atoms with Crippen LogP contribution in [0.3, 0.4) is 0 Å². The van der Waals surface area contributed by atoms with E-state index in [1.165, 1.54) is 24.3 Å². The molecule has 1 atom stereocenters. The maximum atomic E-state index is 12.2. The maximum absolute atomic E-state index is 12.2. The number of nitro groups is 1. The molecule has 0 fully saturated rings. The first-order valence-electron chi connectivity index (χ1n) is 7.39. The van der Waals surface area contributed by atoms with Crippen LogP contribution in [-0.4, -0.2) is 22.6 Å². The largest absolute Gasteiger partial charge is 0.463 e. The Bertz CT molecular complexity index is 755. The molecule has 2 aromatic carbocycles. The van der Waals surface area contributed by atoms with Gasteiger partial charge in [0.15, 0.2) is 0 Å². The molecule has 0 spiro atoms. The van der Waals surface area contributed by atoms with Gasteiger partial charge in [-0.1, -0.05) is 42.5 Å². The minimum Gasteiger partial charge on any atom is -0.463 e. The van der Waals surface area contributed by atoms with Gasteiger partial charge in [-0.2, -0.15) is 0 Å². The number of carbonyl (C=O) groups excluding carboxylic acids is 1. The van der Waals surface area contributed by atoms with Crippen LogP contribution in [0.25, 0.3) is 6.08 Å². The Morgan fingerprint density at radius 3 is 2.46 bits per heavy atom. The van der Waals surface area contributed by atoms with E-state index in [0.717, 1.165) is 0 Å². The minimum atomic E-state index is -1.25. The molecule has 0 amide bonds. The van der Waals surface area contributed by atoms with Gasteiger partial charge in [0, 0.05) is 6.07 Å². The van der Waals surface area contributed by atoms with Crippen LogP contribution in [0.5, 0.6) is 0 Å². The molecule has 1 unspecified atom stereocenters. The molecule has 0 bridgehead atoms. The molecule has 0 aliphatic rings. The Balaban J connectivity index is 2.51. The molecule has 0 aliphatic carbocycles. The zero-order valence-corrected chi connectivity index (χ0v) is 13.1. The molecular formula is C18H17NO5. The fourth-order valence-corrected chi connectivity index (χ4v) is 2.22. The van der Waals surface area contributed by atoms with Gasteiger partial charge in [-0.05, 0) is 24.6 Å². The van der Waals surface area contributed by atoms with Crippen LogP contribution in [-0.2, 0) is 9.53 Å².